The van der Waals surface area contributed by atoms with Crippen molar-refractivity contribution in [3.8, 4) is 11.6 Å². The lowest BCUT2D eigenvalue weighted by atomic mass is 9.90. The molecule has 0 saturated carbocycles. The maximum Gasteiger partial charge on any atom is 0.262 e. The molecule has 5 nitrogen and oxygen atoms in total. The molecule has 0 aliphatic heterocycles. The number of H-pyrrole nitrogens is 1. The van der Waals surface area contributed by atoms with Gasteiger partial charge in [0.2, 0.25) is 5.88 Å². The van der Waals surface area contributed by atoms with Crippen LogP contribution < -0.4 is 5.56 Å². The van der Waals surface area contributed by atoms with Crippen LogP contribution in [0.25, 0.3) is 23.4 Å². The third kappa shape index (κ3) is 2.96. The number of aromatic amines is 1. The van der Waals surface area contributed by atoms with E-state index in [9.17, 15) is 14.7 Å². The topological polar surface area (TPSA) is 75.1 Å². The highest BCUT2D eigenvalue weighted by Crippen LogP contribution is 2.30. The van der Waals surface area contributed by atoms with E-state index in [0.717, 1.165) is 5.56 Å². The molecule has 1 heterocycles. The first-order valence-corrected chi connectivity index (χ1v) is 8.64. The highest BCUT2D eigenvalue weighted by molar-refractivity contribution is 7.71. The van der Waals surface area contributed by atoms with Gasteiger partial charge in [0, 0.05) is 5.57 Å². The van der Waals surface area contributed by atoms with Crippen LogP contribution >= 0.6 is 12.2 Å². The lowest BCUT2D eigenvalue weighted by Crippen LogP contribution is -2.17. The zero-order valence-electron chi connectivity index (χ0n) is 14.0. The lowest BCUT2D eigenvalue weighted by molar-refractivity contribution is -0.109. The second-order valence-electron chi connectivity index (χ2n) is 6.01. The molecule has 0 bridgehead atoms. The number of carbonyl (C=O) groups excluding carboxylic acids is 1. The van der Waals surface area contributed by atoms with Crippen molar-refractivity contribution in [3.63, 3.8) is 0 Å². The van der Waals surface area contributed by atoms with Gasteiger partial charge in [0.05, 0.1) is 5.69 Å². The molecule has 4 rings (SSSR count). The molecular formula is C21H14N2O3S. The summed E-state index contributed by atoms with van der Waals surface area (Å²) < 4.78 is 1.43. The highest BCUT2D eigenvalue weighted by Gasteiger charge is 2.20. The van der Waals surface area contributed by atoms with Gasteiger partial charge in [-0.3, -0.25) is 19.1 Å². The quantitative estimate of drug-likeness (QED) is 0.529. The van der Waals surface area contributed by atoms with E-state index in [-0.39, 0.29) is 22.0 Å². The molecule has 0 atom stereocenters. The van der Waals surface area contributed by atoms with E-state index >= 15 is 0 Å². The summed E-state index contributed by atoms with van der Waals surface area (Å²) in [5.41, 5.74) is 1.93. The SMILES string of the molecule is O=C1C=Cc2ccccc2C1=Cc1c(O)n(-c2ccccc2)c(=S)[nH]c1=O. The molecule has 27 heavy (non-hydrogen) atoms. The van der Waals surface area contributed by atoms with Crippen LogP contribution in [0.1, 0.15) is 16.7 Å². The maximum absolute atomic E-state index is 12.5. The van der Waals surface area contributed by atoms with Crippen molar-refractivity contribution in [1.82, 2.24) is 9.55 Å². The second kappa shape index (κ2) is 6.66. The minimum atomic E-state index is -0.558. The fourth-order valence-electron chi connectivity index (χ4n) is 3.05. The number of allylic oxidation sites excluding steroid dienone is 2. The van der Waals surface area contributed by atoms with Crippen molar-refractivity contribution in [2.75, 3.05) is 0 Å². The molecule has 3 aromatic rings. The number of aromatic hydroxyl groups is 1. The first-order chi connectivity index (χ1) is 13.1. The van der Waals surface area contributed by atoms with Gasteiger partial charge in [-0.2, -0.15) is 0 Å². The second-order valence-corrected chi connectivity index (χ2v) is 6.40. The van der Waals surface area contributed by atoms with Crippen LogP contribution in [-0.4, -0.2) is 20.4 Å². The third-order valence-corrected chi connectivity index (χ3v) is 4.64. The third-order valence-electron chi connectivity index (χ3n) is 4.35. The minimum absolute atomic E-state index is 0.0269. The number of ketones is 1. The van der Waals surface area contributed by atoms with Crippen LogP contribution in [0, 0.1) is 4.77 Å². The van der Waals surface area contributed by atoms with Gasteiger partial charge in [-0.1, -0.05) is 48.5 Å². The summed E-state index contributed by atoms with van der Waals surface area (Å²) in [5.74, 6) is -0.552. The van der Waals surface area contributed by atoms with Gasteiger partial charge in [-0.25, -0.2) is 0 Å². The van der Waals surface area contributed by atoms with Crippen molar-refractivity contribution >= 4 is 35.7 Å². The highest BCUT2D eigenvalue weighted by atomic mass is 32.1. The monoisotopic (exact) mass is 374 g/mol. The Bertz CT molecular complexity index is 1230. The Hall–Kier alpha value is -3.51. The van der Waals surface area contributed by atoms with Gasteiger partial charge in [0.1, 0.15) is 5.56 Å². The van der Waals surface area contributed by atoms with E-state index in [2.05, 4.69) is 4.98 Å². The number of nitrogens with one attached hydrogen (secondary N) is 1. The average Bonchev–Trinajstić information content (AvgIpc) is 2.67. The zero-order valence-corrected chi connectivity index (χ0v) is 14.9. The lowest BCUT2D eigenvalue weighted by Gasteiger charge is -2.15. The Morgan fingerprint density at radius 2 is 1.67 bits per heavy atom. The number of rotatable bonds is 2. The molecule has 1 aliphatic rings. The molecule has 1 aliphatic carbocycles. The number of hydrogen-bond donors (Lipinski definition) is 2. The number of fused-ring (bicyclic) bond motifs is 1. The normalized spacial score (nSPS) is 14.4. The molecule has 0 unspecified atom stereocenters. The van der Waals surface area contributed by atoms with Crippen LogP contribution in [0.15, 0.2) is 65.5 Å². The predicted octanol–water partition coefficient (Wildman–Crippen LogP) is 3.74. The fourth-order valence-corrected chi connectivity index (χ4v) is 3.34. The van der Waals surface area contributed by atoms with Gasteiger partial charge in [0.15, 0.2) is 10.6 Å². The van der Waals surface area contributed by atoms with Crippen LogP contribution in [0.3, 0.4) is 0 Å². The number of nitrogens with zero attached hydrogens (tertiary/aromatic N) is 1. The predicted molar refractivity (Wildman–Crippen MR) is 107 cm³/mol. The Morgan fingerprint density at radius 1 is 0.963 bits per heavy atom. The van der Waals surface area contributed by atoms with Crippen LogP contribution in [0.5, 0.6) is 5.88 Å². The van der Waals surface area contributed by atoms with E-state index in [1.165, 1.54) is 16.7 Å². The van der Waals surface area contributed by atoms with Crippen LogP contribution in [0.4, 0.5) is 0 Å². The summed E-state index contributed by atoms with van der Waals surface area (Å²) in [6.07, 6.45) is 4.59. The first kappa shape index (κ1) is 16.9. The van der Waals surface area contributed by atoms with Gasteiger partial charge < -0.3 is 5.11 Å². The molecule has 6 heteroatoms. The summed E-state index contributed by atoms with van der Waals surface area (Å²) in [4.78, 5) is 27.5. The zero-order chi connectivity index (χ0) is 19.0. The number of para-hydroxylation sites is 1. The van der Waals surface area contributed by atoms with Crippen molar-refractivity contribution in [1.29, 1.82) is 0 Å². The number of aromatic nitrogens is 2. The number of hydrogen-bond acceptors (Lipinski definition) is 4. The largest absolute Gasteiger partial charge is 0.494 e. The van der Waals surface area contributed by atoms with Gasteiger partial charge >= 0.3 is 0 Å². The summed E-state index contributed by atoms with van der Waals surface area (Å²) in [6.45, 7) is 0. The van der Waals surface area contributed by atoms with E-state index in [4.69, 9.17) is 12.2 Å². The summed E-state index contributed by atoms with van der Waals surface area (Å²) in [7, 11) is 0. The summed E-state index contributed by atoms with van der Waals surface area (Å²) in [6, 6.07) is 16.3. The maximum atomic E-state index is 12.5. The van der Waals surface area contributed by atoms with E-state index in [1.807, 2.05) is 24.3 Å². The van der Waals surface area contributed by atoms with Gasteiger partial charge in [0.25, 0.3) is 5.56 Å². The van der Waals surface area contributed by atoms with Crippen molar-refractivity contribution in [2.24, 2.45) is 0 Å². The molecule has 0 radical (unpaired) electrons. The van der Waals surface area contributed by atoms with Crippen molar-refractivity contribution in [2.45, 2.75) is 0 Å². The number of benzene rings is 2. The Kier molecular flexibility index (Phi) is 4.18. The molecule has 1 aromatic heterocycles. The van der Waals surface area contributed by atoms with Gasteiger partial charge in [-0.15, -0.1) is 0 Å². The molecular weight excluding hydrogens is 360 g/mol. The molecule has 0 saturated heterocycles. The summed E-state index contributed by atoms with van der Waals surface area (Å²) in [5, 5.41) is 10.8. The Balaban J connectivity index is 1.97. The first-order valence-electron chi connectivity index (χ1n) is 8.23. The summed E-state index contributed by atoms with van der Waals surface area (Å²) >= 11 is 5.21. The Morgan fingerprint density at radius 3 is 2.44 bits per heavy atom. The molecule has 0 amide bonds. The van der Waals surface area contributed by atoms with E-state index in [0.29, 0.717) is 16.8 Å². The molecule has 132 valence electrons. The molecule has 2 aromatic carbocycles. The van der Waals surface area contributed by atoms with E-state index < -0.39 is 5.56 Å². The fraction of sp³-hybridized carbons (Fsp3) is 0. The van der Waals surface area contributed by atoms with Crippen LogP contribution in [-0.2, 0) is 4.79 Å². The van der Waals surface area contributed by atoms with Crippen molar-refractivity contribution < 1.29 is 9.90 Å². The molecule has 2 N–H and O–H groups in total. The molecule has 0 fully saturated rings. The standard InChI is InChI=1S/C21H14N2O3S/c24-18-11-10-13-6-4-5-9-15(13)16(18)12-17-19(25)22-21(27)23(20(17)26)14-7-2-1-3-8-14/h1-12,26H,(H,22,25,27). The van der Waals surface area contributed by atoms with Crippen molar-refractivity contribution in [3.05, 3.63) is 92.5 Å². The van der Waals surface area contributed by atoms with E-state index in [1.54, 1.807) is 36.4 Å². The number of carbonyl (C=O) groups is 1. The van der Waals surface area contributed by atoms with Crippen LogP contribution in [0.2, 0.25) is 0 Å². The Labute approximate surface area is 159 Å². The van der Waals surface area contributed by atoms with Gasteiger partial charge in [-0.05, 0) is 47.6 Å². The molecule has 0 spiro atoms. The smallest absolute Gasteiger partial charge is 0.262 e. The minimum Gasteiger partial charge on any atom is -0.494 e. The average molecular weight is 374 g/mol.